The Morgan fingerprint density at radius 3 is 1.53 bits per heavy atom. The number of methoxy groups -OCH3 is 2. The van der Waals surface area contributed by atoms with Crippen LogP contribution in [0.3, 0.4) is 0 Å². The number of nitrogens with zero attached hydrogens (tertiary/aromatic N) is 4. The summed E-state index contributed by atoms with van der Waals surface area (Å²) < 4.78 is 9.55. The van der Waals surface area contributed by atoms with Gasteiger partial charge in [-0.2, -0.15) is 0 Å². The molecule has 9 rings (SSSR count). The molecule has 0 radical (unpaired) electrons. The molecule has 5 aromatic rings. The fourth-order valence-corrected chi connectivity index (χ4v) is 10.1. The highest BCUT2D eigenvalue weighted by atomic mass is 16.5. The molecule has 2 aliphatic carbocycles. The molecule has 3 aromatic carbocycles. The minimum atomic E-state index is -0.657. The van der Waals surface area contributed by atoms with Gasteiger partial charge in [-0.1, -0.05) is 76.2 Å². The number of aromatic amines is 2. The molecule has 4 heterocycles. The summed E-state index contributed by atoms with van der Waals surface area (Å²) in [6, 6.07) is 19.8. The number of nitrogens with one attached hydrogen (secondary N) is 4. The number of likely N-dealkylation sites (tertiary alicyclic amines) is 2. The van der Waals surface area contributed by atoms with E-state index in [4.69, 9.17) is 19.4 Å². The lowest BCUT2D eigenvalue weighted by Gasteiger charge is -2.31. The van der Waals surface area contributed by atoms with Gasteiger partial charge in [0.05, 0.1) is 50.1 Å². The fraction of sp³-hybridized carbons (Fsp3) is 0.435. The van der Waals surface area contributed by atoms with Gasteiger partial charge in [0.15, 0.2) is 0 Å². The number of carbonyl (C=O) groups is 4. The SMILES string of the molecule is CC[C@H](NC(=O)OC)C(=O)N1C2C(C[C@H]1c1ncc(-c3ccc(-c4ccc5cc(-c6cnc([C@@H]7CC8C([C@@H]8C)N7C(=O)[C@H](CC)NC(=O)OC)[nH]6)ccc5c4)cc3)[nH]1)[C@H]2C. The molecule has 14 nitrogen and oxygen atoms in total. The molecule has 2 saturated heterocycles. The van der Waals surface area contributed by atoms with Gasteiger partial charge in [-0.25, -0.2) is 19.6 Å². The van der Waals surface area contributed by atoms with Crippen LogP contribution in [0.25, 0.3) is 44.4 Å². The van der Waals surface area contributed by atoms with Crippen LogP contribution in [0.5, 0.6) is 0 Å². The van der Waals surface area contributed by atoms with Crippen LogP contribution in [-0.4, -0.2) is 92.1 Å². The molecule has 60 heavy (non-hydrogen) atoms. The maximum Gasteiger partial charge on any atom is 0.407 e. The molecule has 0 bridgehead atoms. The van der Waals surface area contributed by atoms with Crippen molar-refractivity contribution in [1.29, 1.82) is 0 Å². The second kappa shape index (κ2) is 15.4. The second-order valence-corrected chi connectivity index (χ2v) is 16.9. The van der Waals surface area contributed by atoms with E-state index in [0.29, 0.717) is 36.5 Å². The van der Waals surface area contributed by atoms with Crippen LogP contribution >= 0.6 is 0 Å². The Labute approximate surface area is 348 Å². The summed E-state index contributed by atoms with van der Waals surface area (Å²) in [7, 11) is 2.60. The first-order valence-corrected chi connectivity index (χ1v) is 21.1. The fourth-order valence-electron chi connectivity index (χ4n) is 10.1. The molecular weight excluding hydrogens is 761 g/mol. The lowest BCUT2D eigenvalue weighted by molar-refractivity contribution is -0.136. The van der Waals surface area contributed by atoms with E-state index >= 15 is 0 Å². The van der Waals surface area contributed by atoms with Gasteiger partial charge in [0, 0.05) is 17.6 Å². The summed E-state index contributed by atoms with van der Waals surface area (Å²) in [6.45, 7) is 8.12. The zero-order chi connectivity index (χ0) is 42.0. The van der Waals surface area contributed by atoms with E-state index in [2.05, 4.69) is 95.1 Å². The smallest absolute Gasteiger partial charge is 0.407 e. The number of ether oxygens (including phenoxy) is 2. The number of alkyl carbamates (subject to hydrolysis) is 2. The highest BCUT2D eigenvalue weighted by molar-refractivity contribution is 5.91. The monoisotopic (exact) mass is 812 g/mol. The molecule has 10 atom stereocenters. The van der Waals surface area contributed by atoms with Gasteiger partial charge in [-0.3, -0.25) is 9.59 Å². The summed E-state index contributed by atoms with van der Waals surface area (Å²) in [6.07, 6.45) is 5.06. The first-order valence-electron chi connectivity index (χ1n) is 21.1. The molecular formula is C46H52N8O6. The number of amides is 4. The van der Waals surface area contributed by atoms with Gasteiger partial charge in [0.25, 0.3) is 0 Å². The van der Waals surface area contributed by atoms with Gasteiger partial charge >= 0.3 is 12.2 Å². The number of fused-ring (bicyclic) bond motifs is 3. The number of hydrogen-bond donors (Lipinski definition) is 4. The topological polar surface area (TPSA) is 175 Å². The number of hydrogen-bond acceptors (Lipinski definition) is 8. The van der Waals surface area contributed by atoms with Crippen molar-refractivity contribution in [2.24, 2.45) is 23.7 Å². The summed E-state index contributed by atoms with van der Waals surface area (Å²) in [5.74, 6) is 3.01. The maximum atomic E-state index is 13.8. The number of aromatic nitrogens is 4. The Morgan fingerprint density at radius 1 is 0.650 bits per heavy atom. The van der Waals surface area contributed by atoms with Crippen molar-refractivity contribution in [3.63, 3.8) is 0 Å². The third-order valence-corrected chi connectivity index (χ3v) is 13.7. The van der Waals surface area contributed by atoms with Crippen molar-refractivity contribution in [3.05, 3.63) is 84.7 Å². The van der Waals surface area contributed by atoms with E-state index < -0.39 is 24.3 Å². The summed E-state index contributed by atoms with van der Waals surface area (Å²) in [4.78, 5) is 71.9. The van der Waals surface area contributed by atoms with Crippen molar-refractivity contribution in [2.45, 2.75) is 89.6 Å². The van der Waals surface area contributed by atoms with Gasteiger partial charge in [-0.05, 0) is 89.0 Å². The highest BCUT2D eigenvalue weighted by Gasteiger charge is 2.62. The quantitative estimate of drug-likeness (QED) is 0.107. The first kappa shape index (κ1) is 39.3. The van der Waals surface area contributed by atoms with Crippen LogP contribution in [-0.2, 0) is 19.1 Å². The summed E-state index contributed by atoms with van der Waals surface area (Å²) >= 11 is 0. The van der Waals surface area contributed by atoms with E-state index in [1.165, 1.54) is 14.2 Å². The molecule has 0 spiro atoms. The van der Waals surface area contributed by atoms with Crippen LogP contribution < -0.4 is 10.6 Å². The van der Waals surface area contributed by atoms with Crippen LogP contribution in [0.1, 0.15) is 77.1 Å². The van der Waals surface area contributed by atoms with Gasteiger partial charge in [-0.15, -0.1) is 0 Å². The van der Waals surface area contributed by atoms with Crippen LogP contribution in [0, 0.1) is 23.7 Å². The van der Waals surface area contributed by atoms with Crippen molar-refractivity contribution in [2.75, 3.05) is 14.2 Å². The normalized spacial score (nSPS) is 25.9. The Morgan fingerprint density at radius 2 is 1.07 bits per heavy atom. The minimum Gasteiger partial charge on any atom is -0.453 e. The molecule has 4 aliphatic rings. The Hall–Kier alpha value is -6.18. The predicted octanol–water partition coefficient (Wildman–Crippen LogP) is 7.37. The Bertz CT molecular complexity index is 2460. The number of carbonyl (C=O) groups excluding carboxylic acids is 4. The number of benzene rings is 3. The van der Waals surface area contributed by atoms with Gasteiger partial charge < -0.3 is 39.9 Å². The molecule has 4 unspecified atom stereocenters. The van der Waals surface area contributed by atoms with E-state index in [0.717, 1.165) is 68.9 Å². The second-order valence-electron chi connectivity index (χ2n) is 16.9. The van der Waals surface area contributed by atoms with E-state index in [1.807, 2.05) is 36.0 Å². The third-order valence-electron chi connectivity index (χ3n) is 13.7. The van der Waals surface area contributed by atoms with E-state index in [9.17, 15) is 19.2 Å². The average Bonchev–Trinajstić information content (AvgIpc) is 3.74. The summed E-state index contributed by atoms with van der Waals surface area (Å²) in [5.41, 5.74) is 5.95. The molecule has 14 heteroatoms. The molecule has 4 fully saturated rings. The van der Waals surface area contributed by atoms with Crippen molar-refractivity contribution in [1.82, 2.24) is 40.4 Å². The molecule has 2 aromatic heterocycles. The highest BCUT2D eigenvalue weighted by Crippen LogP contribution is 2.58. The summed E-state index contributed by atoms with van der Waals surface area (Å²) in [5, 5.41) is 7.62. The Balaban J connectivity index is 0.884. The number of H-pyrrole nitrogens is 2. The van der Waals surface area contributed by atoms with E-state index in [-0.39, 0.29) is 36.0 Å². The number of piperidine rings is 2. The minimum absolute atomic E-state index is 0.0980. The zero-order valence-electron chi connectivity index (χ0n) is 34.8. The lowest BCUT2D eigenvalue weighted by atomic mass is 9.98. The van der Waals surface area contributed by atoms with E-state index in [1.54, 1.807) is 0 Å². The maximum absolute atomic E-state index is 13.8. The van der Waals surface area contributed by atoms with Gasteiger partial charge in [0.2, 0.25) is 11.8 Å². The zero-order valence-corrected chi connectivity index (χ0v) is 34.8. The average molecular weight is 813 g/mol. The van der Waals surface area contributed by atoms with Crippen molar-refractivity contribution < 1.29 is 28.7 Å². The molecule has 2 saturated carbocycles. The third kappa shape index (κ3) is 6.85. The predicted molar refractivity (Wildman–Crippen MR) is 225 cm³/mol. The molecule has 4 N–H and O–H groups in total. The van der Waals surface area contributed by atoms with Crippen molar-refractivity contribution in [3.8, 4) is 33.6 Å². The Kier molecular flexibility index (Phi) is 10.1. The standard InChI is InChI=1S/C46H52N8O6/c1-7-33(51-45(57)59-5)43(55)53-37(19-31-23(3)39(31)53)41-47-21-35(49-41)26-11-9-25(10-12-26)27-13-14-29-18-30(16-15-28(29)17-27)36-22-48-42(50-36)38-20-32-24(4)40(32)54(38)44(56)34(8-2)52-46(58)60-6/h9-18,21-24,31-34,37-40H,7-8,19-20H2,1-6H3,(H,47,49)(H,48,50)(H,51,57)(H,52,58)/t23-,24-,31?,32?,33+,34+,37+,38+,39?,40?/m1/s1. The van der Waals surface area contributed by atoms with Gasteiger partial charge in [0.1, 0.15) is 23.7 Å². The molecule has 4 amide bonds. The van der Waals surface area contributed by atoms with Crippen LogP contribution in [0.2, 0.25) is 0 Å². The number of imidazole rings is 2. The largest absolute Gasteiger partial charge is 0.453 e. The number of rotatable bonds is 11. The first-order chi connectivity index (χ1) is 29.0. The van der Waals surface area contributed by atoms with Crippen LogP contribution in [0.15, 0.2) is 73.1 Å². The molecule has 312 valence electrons. The van der Waals surface area contributed by atoms with Crippen molar-refractivity contribution >= 4 is 34.8 Å². The van der Waals surface area contributed by atoms with Crippen LogP contribution in [0.4, 0.5) is 9.59 Å². The lowest BCUT2D eigenvalue weighted by Crippen LogP contribution is -2.49. The molecule has 2 aliphatic heterocycles.